The molecule has 0 aromatic heterocycles. The molecule has 0 saturated heterocycles. The number of aliphatic hydroxyl groups is 2. The predicted molar refractivity (Wildman–Crippen MR) is 45.7 cm³/mol. The van der Waals surface area contributed by atoms with Crippen LogP contribution in [0.25, 0.3) is 0 Å². The molecule has 0 aliphatic carbocycles. The number of amidine groups is 1. The Morgan fingerprint density at radius 1 is 1.54 bits per heavy atom. The standard InChI is InChI=1S/C7H13N3O3/c1-4-10-6(11)7(12,13)5(8-10)9(2)3/h12-13H,4H2,1-3H3. The highest BCUT2D eigenvalue weighted by Gasteiger charge is 2.49. The van der Waals surface area contributed by atoms with Crippen LogP contribution in [-0.2, 0) is 4.79 Å². The summed E-state index contributed by atoms with van der Waals surface area (Å²) in [5.74, 6) is -3.34. The molecule has 1 rings (SSSR count). The summed E-state index contributed by atoms with van der Waals surface area (Å²) in [5, 5.41) is 23.6. The molecule has 2 N–H and O–H groups in total. The van der Waals surface area contributed by atoms with E-state index in [2.05, 4.69) is 5.10 Å². The van der Waals surface area contributed by atoms with Gasteiger partial charge in [0.05, 0.1) is 0 Å². The van der Waals surface area contributed by atoms with Gasteiger partial charge in [0.1, 0.15) is 0 Å². The van der Waals surface area contributed by atoms with Gasteiger partial charge in [-0.2, -0.15) is 5.10 Å². The van der Waals surface area contributed by atoms with E-state index in [1.54, 1.807) is 21.0 Å². The summed E-state index contributed by atoms with van der Waals surface area (Å²) in [7, 11) is 3.18. The van der Waals surface area contributed by atoms with Crippen molar-refractivity contribution in [1.29, 1.82) is 0 Å². The second-order valence-electron chi connectivity index (χ2n) is 3.01. The lowest BCUT2D eigenvalue weighted by molar-refractivity contribution is -0.169. The minimum Gasteiger partial charge on any atom is -0.360 e. The van der Waals surface area contributed by atoms with Gasteiger partial charge in [-0.15, -0.1) is 0 Å². The highest BCUT2D eigenvalue weighted by molar-refractivity contribution is 6.12. The number of amides is 1. The number of hydrogen-bond donors (Lipinski definition) is 2. The lowest BCUT2D eigenvalue weighted by atomic mass is 10.2. The molecule has 0 atom stereocenters. The molecule has 0 saturated carbocycles. The zero-order valence-electron chi connectivity index (χ0n) is 7.85. The van der Waals surface area contributed by atoms with Crippen molar-refractivity contribution in [2.24, 2.45) is 5.10 Å². The molecule has 0 fully saturated rings. The first-order valence-electron chi connectivity index (χ1n) is 3.94. The summed E-state index contributed by atoms with van der Waals surface area (Å²) in [6.07, 6.45) is 0. The first-order chi connectivity index (χ1) is 5.91. The summed E-state index contributed by atoms with van der Waals surface area (Å²) in [6, 6.07) is 0. The van der Waals surface area contributed by atoms with Gasteiger partial charge in [-0.25, -0.2) is 5.01 Å². The van der Waals surface area contributed by atoms with Gasteiger partial charge in [-0.3, -0.25) is 4.79 Å². The first kappa shape index (κ1) is 9.94. The topological polar surface area (TPSA) is 76.4 Å². The normalized spacial score (nSPS) is 20.5. The number of rotatable bonds is 1. The molecular formula is C7H13N3O3. The van der Waals surface area contributed by atoms with E-state index in [-0.39, 0.29) is 5.84 Å². The summed E-state index contributed by atoms with van der Waals surface area (Å²) in [6.45, 7) is 2.02. The Kier molecular flexibility index (Phi) is 2.27. The van der Waals surface area contributed by atoms with Gasteiger partial charge >= 0.3 is 11.7 Å². The predicted octanol–water partition coefficient (Wildman–Crippen LogP) is -1.60. The summed E-state index contributed by atoms with van der Waals surface area (Å²) in [4.78, 5) is 12.7. The number of hydrogen-bond acceptors (Lipinski definition) is 5. The van der Waals surface area contributed by atoms with E-state index in [1.165, 1.54) is 4.90 Å². The van der Waals surface area contributed by atoms with Gasteiger partial charge in [-0.1, -0.05) is 0 Å². The maximum absolute atomic E-state index is 11.3. The van der Waals surface area contributed by atoms with Gasteiger partial charge in [-0.05, 0) is 6.92 Å². The van der Waals surface area contributed by atoms with Crippen LogP contribution in [0.3, 0.4) is 0 Å². The van der Waals surface area contributed by atoms with Crippen LogP contribution < -0.4 is 0 Å². The van der Waals surface area contributed by atoms with Crippen molar-refractivity contribution in [1.82, 2.24) is 9.91 Å². The van der Waals surface area contributed by atoms with Gasteiger partial charge in [0, 0.05) is 20.6 Å². The van der Waals surface area contributed by atoms with Crippen molar-refractivity contribution < 1.29 is 15.0 Å². The molecule has 0 bridgehead atoms. The number of likely N-dealkylation sites (N-methyl/N-ethyl adjacent to an activating group) is 2. The van der Waals surface area contributed by atoms with E-state index in [0.717, 1.165) is 5.01 Å². The Balaban J connectivity index is 3.01. The molecule has 0 unspecified atom stereocenters. The third kappa shape index (κ3) is 1.38. The van der Waals surface area contributed by atoms with E-state index < -0.39 is 11.7 Å². The van der Waals surface area contributed by atoms with E-state index >= 15 is 0 Å². The molecule has 0 spiro atoms. The van der Waals surface area contributed by atoms with Crippen molar-refractivity contribution in [3.8, 4) is 0 Å². The summed E-state index contributed by atoms with van der Waals surface area (Å²) < 4.78 is 0. The molecule has 6 nitrogen and oxygen atoms in total. The second-order valence-corrected chi connectivity index (χ2v) is 3.01. The average molecular weight is 187 g/mol. The fraction of sp³-hybridized carbons (Fsp3) is 0.714. The Hall–Kier alpha value is -1.14. The second kappa shape index (κ2) is 2.97. The maximum atomic E-state index is 11.3. The van der Waals surface area contributed by atoms with Crippen LogP contribution in [0.5, 0.6) is 0 Å². The maximum Gasteiger partial charge on any atom is 0.311 e. The van der Waals surface area contributed by atoms with Crippen molar-refractivity contribution in [3.63, 3.8) is 0 Å². The van der Waals surface area contributed by atoms with Crippen molar-refractivity contribution in [3.05, 3.63) is 0 Å². The first-order valence-corrected chi connectivity index (χ1v) is 3.94. The zero-order valence-corrected chi connectivity index (χ0v) is 7.85. The fourth-order valence-electron chi connectivity index (χ4n) is 1.12. The monoisotopic (exact) mass is 187 g/mol. The lowest BCUT2D eigenvalue weighted by Crippen LogP contribution is -2.50. The number of hydrazone groups is 1. The van der Waals surface area contributed by atoms with Gasteiger partial charge in [0.25, 0.3) is 0 Å². The third-order valence-corrected chi connectivity index (χ3v) is 1.78. The van der Waals surface area contributed by atoms with E-state index in [4.69, 9.17) is 0 Å². The highest BCUT2D eigenvalue weighted by atomic mass is 16.5. The zero-order chi connectivity index (χ0) is 10.2. The van der Waals surface area contributed by atoms with Crippen LogP contribution in [0.2, 0.25) is 0 Å². The highest BCUT2D eigenvalue weighted by Crippen LogP contribution is 2.18. The molecule has 74 valence electrons. The average Bonchev–Trinajstić information content (AvgIpc) is 2.25. The van der Waals surface area contributed by atoms with Crippen LogP contribution in [0.1, 0.15) is 6.92 Å². The molecule has 1 aliphatic rings. The Labute approximate surface area is 76.1 Å². The van der Waals surface area contributed by atoms with E-state index in [9.17, 15) is 15.0 Å². The number of nitrogens with zero attached hydrogens (tertiary/aromatic N) is 3. The van der Waals surface area contributed by atoms with Crippen molar-refractivity contribution in [2.45, 2.75) is 12.7 Å². The molecule has 0 aromatic rings. The third-order valence-electron chi connectivity index (χ3n) is 1.78. The molecular weight excluding hydrogens is 174 g/mol. The van der Waals surface area contributed by atoms with E-state index in [0.29, 0.717) is 6.54 Å². The molecule has 1 heterocycles. The van der Waals surface area contributed by atoms with Crippen molar-refractivity contribution in [2.75, 3.05) is 20.6 Å². The Morgan fingerprint density at radius 3 is 2.31 bits per heavy atom. The molecule has 13 heavy (non-hydrogen) atoms. The number of carbonyl (C=O) groups excluding carboxylic acids is 1. The number of carbonyl (C=O) groups is 1. The van der Waals surface area contributed by atoms with Crippen LogP contribution in [0, 0.1) is 0 Å². The molecule has 1 amide bonds. The van der Waals surface area contributed by atoms with Crippen LogP contribution in [-0.4, -0.2) is 58.3 Å². The summed E-state index contributed by atoms with van der Waals surface area (Å²) in [5.41, 5.74) is 0. The van der Waals surface area contributed by atoms with Gasteiger partial charge < -0.3 is 15.1 Å². The minimum atomic E-state index is -2.47. The molecule has 0 radical (unpaired) electrons. The largest absolute Gasteiger partial charge is 0.360 e. The molecule has 0 aromatic carbocycles. The molecule has 1 aliphatic heterocycles. The Morgan fingerprint density at radius 2 is 2.08 bits per heavy atom. The fourth-order valence-corrected chi connectivity index (χ4v) is 1.12. The SMILES string of the molecule is CCN1N=C(N(C)C)C(O)(O)C1=O. The minimum absolute atomic E-state index is 0.0562. The lowest BCUT2D eigenvalue weighted by Gasteiger charge is -2.19. The summed E-state index contributed by atoms with van der Waals surface area (Å²) >= 11 is 0. The van der Waals surface area contributed by atoms with Crippen molar-refractivity contribution >= 4 is 11.7 Å². The van der Waals surface area contributed by atoms with Gasteiger partial charge in [0.15, 0.2) is 5.84 Å². The van der Waals surface area contributed by atoms with E-state index in [1.807, 2.05) is 0 Å². The smallest absolute Gasteiger partial charge is 0.311 e. The quantitative estimate of drug-likeness (QED) is 0.485. The van der Waals surface area contributed by atoms with Crippen LogP contribution in [0.4, 0.5) is 0 Å². The van der Waals surface area contributed by atoms with Crippen LogP contribution in [0.15, 0.2) is 5.10 Å². The van der Waals surface area contributed by atoms with Gasteiger partial charge in [0.2, 0.25) is 0 Å². The molecule has 6 heteroatoms. The van der Waals surface area contributed by atoms with Crippen LogP contribution >= 0.6 is 0 Å². The Bertz CT molecular complexity index is 260.